The fourth-order valence-electron chi connectivity index (χ4n) is 1.67. The van der Waals surface area contributed by atoms with E-state index < -0.39 is 17.7 Å². The number of aromatic amines is 1. The van der Waals surface area contributed by atoms with Crippen LogP contribution in [0, 0.1) is 11.6 Å². The Morgan fingerprint density at radius 2 is 2.10 bits per heavy atom. The van der Waals surface area contributed by atoms with Gasteiger partial charge in [-0.05, 0) is 23.8 Å². The molecule has 0 amide bonds. The molecule has 6 heteroatoms. The van der Waals surface area contributed by atoms with Crippen LogP contribution in [-0.2, 0) is 6.54 Å². The second kappa shape index (κ2) is 7.02. The number of aliphatic hydroxyl groups is 1. The predicted molar refractivity (Wildman–Crippen MR) is 70.4 cm³/mol. The molecule has 1 heterocycles. The fourth-order valence-corrected chi connectivity index (χ4v) is 1.67. The first-order valence-electron chi connectivity index (χ1n) is 6.23. The summed E-state index contributed by atoms with van der Waals surface area (Å²) < 4.78 is 30.8. The normalized spacial score (nSPS) is 12.3. The Hall–Kier alpha value is -1.92. The van der Waals surface area contributed by atoms with E-state index in [2.05, 4.69) is 10.3 Å². The van der Waals surface area contributed by atoms with Crippen molar-refractivity contribution in [2.45, 2.75) is 12.6 Å². The minimum atomic E-state index is -0.970. The summed E-state index contributed by atoms with van der Waals surface area (Å²) in [6.07, 6.45) is 2.94. The lowest BCUT2D eigenvalue weighted by Gasteiger charge is -2.13. The minimum absolute atomic E-state index is 0.00517. The minimum Gasteiger partial charge on any atom is -0.491 e. The van der Waals surface area contributed by atoms with Gasteiger partial charge in [0.05, 0.1) is 0 Å². The number of hydrogen-bond donors (Lipinski definition) is 3. The van der Waals surface area contributed by atoms with Crippen molar-refractivity contribution in [3.8, 4) is 5.75 Å². The van der Waals surface area contributed by atoms with Gasteiger partial charge in [0, 0.05) is 31.5 Å². The molecular formula is C14H16F2N2O2. The quantitative estimate of drug-likeness (QED) is 0.726. The molecule has 4 nitrogen and oxygen atoms in total. The maximum absolute atomic E-state index is 12.9. The second-order valence-corrected chi connectivity index (χ2v) is 4.39. The van der Waals surface area contributed by atoms with Crippen molar-refractivity contribution in [2.24, 2.45) is 0 Å². The average Bonchev–Trinajstić information content (AvgIpc) is 2.93. The molecule has 1 unspecified atom stereocenters. The maximum atomic E-state index is 12.9. The van der Waals surface area contributed by atoms with E-state index in [9.17, 15) is 13.9 Å². The van der Waals surface area contributed by atoms with Gasteiger partial charge in [-0.3, -0.25) is 0 Å². The number of aliphatic hydroxyl groups excluding tert-OH is 1. The number of rotatable bonds is 7. The molecule has 1 aromatic carbocycles. The summed E-state index contributed by atoms with van der Waals surface area (Å²) in [6, 6.07) is 5.19. The van der Waals surface area contributed by atoms with Crippen LogP contribution in [0.25, 0.3) is 0 Å². The van der Waals surface area contributed by atoms with Crippen molar-refractivity contribution < 1.29 is 18.6 Å². The van der Waals surface area contributed by atoms with Gasteiger partial charge < -0.3 is 20.1 Å². The summed E-state index contributed by atoms with van der Waals surface area (Å²) in [6.45, 7) is 0.978. The summed E-state index contributed by atoms with van der Waals surface area (Å²) in [5.41, 5.74) is 1.08. The van der Waals surface area contributed by atoms with Gasteiger partial charge >= 0.3 is 0 Å². The smallest absolute Gasteiger partial charge is 0.162 e. The summed E-state index contributed by atoms with van der Waals surface area (Å²) >= 11 is 0. The van der Waals surface area contributed by atoms with Crippen molar-refractivity contribution in [3.63, 3.8) is 0 Å². The number of nitrogens with one attached hydrogen (secondary N) is 2. The number of ether oxygens (including phenoxy) is 1. The van der Waals surface area contributed by atoms with Gasteiger partial charge in [-0.1, -0.05) is 0 Å². The Balaban J connectivity index is 1.69. The molecule has 0 bridgehead atoms. The van der Waals surface area contributed by atoms with Crippen LogP contribution in [0.4, 0.5) is 8.78 Å². The van der Waals surface area contributed by atoms with E-state index in [1.807, 2.05) is 18.5 Å². The van der Waals surface area contributed by atoms with Crippen molar-refractivity contribution in [2.75, 3.05) is 13.2 Å². The molecular weight excluding hydrogens is 266 g/mol. The third kappa shape index (κ3) is 4.32. The van der Waals surface area contributed by atoms with Gasteiger partial charge in [-0.25, -0.2) is 8.78 Å². The Kier molecular flexibility index (Phi) is 5.09. The molecule has 1 atom stereocenters. The van der Waals surface area contributed by atoms with Crippen molar-refractivity contribution >= 4 is 0 Å². The highest BCUT2D eigenvalue weighted by Crippen LogP contribution is 2.15. The van der Waals surface area contributed by atoms with Crippen LogP contribution in [0.3, 0.4) is 0 Å². The second-order valence-electron chi connectivity index (χ2n) is 4.39. The lowest BCUT2D eigenvalue weighted by molar-refractivity contribution is 0.106. The first kappa shape index (κ1) is 14.5. The Morgan fingerprint density at radius 3 is 2.80 bits per heavy atom. The van der Waals surface area contributed by atoms with Gasteiger partial charge in [0.2, 0.25) is 0 Å². The molecule has 0 aliphatic rings. The van der Waals surface area contributed by atoms with Crippen LogP contribution in [0.5, 0.6) is 5.75 Å². The highest BCUT2D eigenvalue weighted by Gasteiger charge is 2.07. The van der Waals surface area contributed by atoms with Gasteiger partial charge in [0.1, 0.15) is 18.5 Å². The molecule has 3 N–H and O–H groups in total. The van der Waals surface area contributed by atoms with Crippen LogP contribution >= 0.6 is 0 Å². The van der Waals surface area contributed by atoms with Crippen LogP contribution in [0.2, 0.25) is 0 Å². The molecule has 0 fully saturated rings. The Bertz CT molecular complexity index is 532. The zero-order chi connectivity index (χ0) is 14.4. The van der Waals surface area contributed by atoms with E-state index in [4.69, 9.17) is 4.74 Å². The van der Waals surface area contributed by atoms with E-state index in [0.29, 0.717) is 13.1 Å². The molecule has 0 aliphatic heterocycles. The topological polar surface area (TPSA) is 57.3 Å². The number of aromatic nitrogens is 1. The number of hydrogen-bond acceptors (Lipinski definition) is 3. The van der Waals surface area contributed by atoms with Crippen LogP contribution in [0.1, 0.15) is 5.56 Å². The third-order valence-electron chi connectivity index (χ3n) is 2.70. The summed E-state index contributed by atoms with van der Waals surface area (Å²) in [5.74, 6) is -1.71. The molecule has 0 saturated heterocycles. The monoisotopic (exact) mass is 282 g/mol. The summed E-state index contributed by atoms with van der Waals surface area (Å²) in [7, 11) is 0. The predicted octanol–water partition coefficient (Wildman–Crippen LogP) is 1.82. The first-order valence-corrected chi connectivity index (χ1v) is 6.23. The van der Waals surface area contributed by atoms with E-state index in [0.717, 1.165) is 17.7 Å². The van der Waals surface area contributed by atoms with Gasteiger partial charge in [0.15, 0.2) is 11.6 Å². The molecule has 1 aromatic heterocycles. The summed E-state index contributed by atoms with van der Waals surface area (Å²) in [4.78, 5) is 2.93. The Morgan fingerprint density at radius 1 is 1.25 bits per heavy atom. The van der Waals surface area contributed by atoms with E-state index >= 15 is 0 Å². The third-order valence-corrected chi connectivity index (χ3v) is 2.70. The van der Waals surface area contributed by atoms with E-state index in [1.54, 1.807) is 0 Å². The number of benzene rings is 1. The molecule has 0 radical (unpaired) electrons. The SMILES string of the molecule is OC(CNCc1cc[nH]c1)COc1ccc(F)c(F)c1. The largest absolute Gasteiger partial charge is 0.491 e. The maximum Gasteiger partial charge on any atom is 0.162 e. The number of halogens is 2. The lowest BCUT2D eigenvalue weighted by Crippen LogP contribution is -2.31. The van der Waals surface area contributed by atoms with Crippen molar-refractivity contribution in [1.82, 2.24) is 10.3 Å². The zero-order valence-corrected chi connectivity index (χ0v) is 10.8. The highest BCUT2D eigenvalue weighted by molar-refractivity contribution is 5.23. The standard InChI is InChI=1S/C14H16F2N2O2/c15-13-2-1-12(5-14(13)16)20-9-11(19)8-18-7-10-3-4-17-6-10/h1-6,11,17-19H,7-9H2. The van der Waals surface area contributed by atoms with Crippen molar-refractivity contribution in [1.29, 1.82) is 0 Å². The molecule has 0 saturated carbocycles. The van der Waals surface area contributed by atoms with E-state index in [-0.39, 0.29) is 12.4 Å². The van der Waals surface area contributed by atoms with Crippen LogP contribution in [0.15, 0.2) is 36.7 Å². The first-order chi connectivity index (χ1) is 9.65. The molecule has 2 aromatic rings. The highest BCUT2D eigenvalue weighted by atomic mass is 19.2. The molecule has 20 heavy (non-hydrogen) atoms. The molecule has 0 aliphatic carbocycles. The number of H-pyrrole nitrogens is 1. The zero-order valence-electron chi connectivity index (χ0n) is 10.8. The van der Waals surface area contributed by atoms with E-state index in [1.165, 1.54) is 6.07 Å². The van der Waals surface area contributed by atoms with Crippen molar-refractivity contribution in [3.05, 3.63) is 53.9 Å². The Labute approximate surface area is 115 Å². The fraction of sp³-hybridized carbons (Fsp3) is 0.286. The summed E-state index contributed by atoms with van der Waals surface area (Å²) in [5, 5.41) is 12.8. The van der Waals surface area contributed by atoms with Crippen LogP contribution in [-0.4, -0.2) is 29.3 Å². The molecule has 108 valence electrons. The average molecular weight is 282 g/mol. The van der Waals surface area contributed by atoms with Gasteiger partial charge in [-0.15, -0.1) is 0 Å². The van der Waals surface area contributed by atoms with Gasteiger partial charge in [0.25, 0.3) is 0 Å². The lowest BCUT2D eigenvalue weighted by atomic mass is 10.3. The van der Waals surface area contributed by atoms with Gasteiger partial charge in [-0.2, -0.15) is 0 Å². The molecule has 0 spiro atoms. The van der Waals surface area contributed by atoms with Crippen LogP contribution < -0.4 is 10.1 Å². The molecule has 2 rings (SSSR count).